The normalized spacial score (nSPS) is 18.0. The molecule has 0 bridgehead atoms. The zero-order chi connectivity index (χ0) is 20.1. The largest absolute Gasteiger partial charge is 0.494 e. The van der Waals surface area contributed by atoms with E-state index in [1.54, 1.807) is 0 Å². The Labute approximate surface area is 169 Å². The smallest absolute Gasteiger partial charge is 0.244 e. The van der Waals surface area contributed by atoms with E-state index in [1.807, 2.05) is 29.6 Å². The summed E-state index contributed by atoms with van der Waals surface area (Å²) in [5, 5.41) is 5.11. The number of anilines is 1. The summed E-state index contributed by atoms with van der Waals surface area (Å²) < 4.78 is 30.8. The first-order chi connectivity index (χ1) is 13.4. The van der Waals surface area contributed by atoms with Gasteiger partial charge >= 0.3 is 0 Å². The van der Waals surface area contributed by atoms with Crippen LogP contribution in [0.1, 0.15) is 32.6 Å². The lowest BCUT2D eigenvalue weighted by Gasteiger charge is -2.32. The SMILES string of the molecule is CCCOc1ccc(-c2csc(NC(=O)[C@@H]3CCCCN3S(C)(=O)=O)n2)cc1. The van der Waals surface area contributed by atoms with E-state index in [2.05, 4.69) is 17.2 Å². The van der Waals surface area contributed by atoms with E-state index in [9.17, 15) is 13.2 Å². The molecule has 0 saturated carbocycles. The van der Waals surface area contributed by atoms with Crippen LogP contribution >= 0.6 is 11.3 Å². The van der Waals surface area contributed by atoms with Crippen molar-refractivity contribution in [1.29, 1.82) is 0 Å². The van der Waals surface area contributed by atoms with Gasteiger partial charge in [-0.3, -0.25) is 4.79 Å². The molecule has 0 radical (unpaired) electrons. The Morgan fingerprint density at radius 1 is 1.32 bits per heavy atom. The van der Waals surface area contributed by atoms with Gasteiger partial charge in [-0.05, 0) is 43.5 Å². The number of sulfonamides is 1. The molecule has 1 aromatic carbocycles. The molecule has 28 heavy (non-hydrogen) atoms. The minimum Gasteiger partial charge on any atom is -0.494 e. The highest BCUT2D eigenvalue weighted by Gasteiger charge is 2.34. The number of aromatic nitrogens is 1. The van der Waals surface area contributed by atoms with Crippen LogP contribution in [0.25, 0.3) is 11.3 Å². The highest BCUT2D eigenvalue weighted by Crippen LogP contribution is 2.28. The highest BCUT2D eigenvalue weighted by atomic mass is 32.2. The third kappa shape index (κ3) is 5.09. The van der Waals surface area contributed by atoms with E-state index in [-0.39, 0.29) is 5.91 Å². The van der Waals surface area contributed by atoms with Crippen molar-refractivity contribution in [2.24, 2.45) is 0 Å². The summed E-state index contributed by atoms with van der Waals surface area (Å²) in [5.74, 6) is 0.488. The lowest BCUT2D eigenvalue weighted by atomic mass is 10.0. The molecular weight excluding hydrogens is 398 g/mol. The van der Waals surface area contributed by atoms with Crippen LogP contribution in [-0.4, -0.2) is 49.1 Å². The Balaban J connectivity index is 1.67. The zero-order valence-electron chi connectivity index (χ0n) is 16.1. The number of benzene rings is 1. The third-order valence-electron chi connectivity index (χ3n) is 4.54. The fraction of sp³-hybridized carbons (Fsp3) is 0.474. The van der Waals surface area contributed by atoms with Gasteiger partial charge in [-0.1, -0.05) is 13.3 Å². The van der Waals surface area contributed by atoms with Crippen molar-refractivity contribution < 1.29 is 17.9 Å². The molecule has 0 aliphatic carbocycles. The summed E-state index contributed by atoms with van der Waals surface area (Å²) in [6.07, 6.45) is 4.23. The average Bonchev–Trinajstić information content (AvgIpc) is 3.14. The first kappa shape index (κ1) is 20.8. The van der Waals surface area contributed by atoms with Crippen molar-refractivity contribution in [3.8, 4) is 17.0 Å². The Kier molecular flexibility index (Phi) is 6.69. The van der Waals surface area contributed by atoms with Gasteiger partial charge in [0, 0.05) is 17.5 Å². The monoisotopic (exact) mass is 423 g/mol. The molecule has 1 saturated heterocycles. The van der Waals surface area contributed by atoms with Gasteiger partial charge in [-0.15, -0.1) is 11.3 Å². The van der Waals surface area contributed by atoms with Crippen LogP contribution in [0.15, 0.2) is 29.6 Å². The zero-order valence-corrected chi connectivity index (χ0v) is 17.7. The number of hydrogen-bond acceptors (Lipinski definition) is 6. The molecule has 0 unspecified atom stereocenters. The molecule has 2 heterocycles. The molecule has 1 N–H and O–H groups in total. The first-order valence-electron chi connectivity index (χ1n) is 9.35. The fourth-order valence-electron chi connectivity index (χ4n) is 3.16. The summed E-state index contributed by atoms with van der Waals surface area (Å²) in [5.41, 5.74) is 1.68. The maximum atomic E-state index is 12.6. The number of nitrogens with one attached hydrogen (secondary N) is 1. The van der Waals surface area contributed by atoms with E-state index in [0.29, 0.717) is 24.7 Å². The lowest BCUT2D eigenvalue weighted by molar-refractivity contribution is -0.120. The van der Waals surface area contributed by atoms with Gasteiger partial charge in [0.05, 0.1) is 18.6 Å². The number of thiazole rings is 1. The van der Waals surface area contributed by atoms with Crippen LogP contribution in [0.3, 0.4) is 0 Å². The van der Waals surface area contributed by atoms with Gasteiger partial charge in [-0.2, -0.15) is 4.31 Å². The molecule has 9 heteroatoms. The fourth-order valence-corrected chi connectivity index (χ4v) is 5.01. The van der Waals surface area contributed by atoms with E-state index in [0.717, 1.165) is 42.5 Å². The van der Waals surface area contributed by atoms with Crippen LogP contribution in [0.5, 0.6) is 5.75 Å². The van der Waals surface area contributed by atoms with Crippen LogP contribution in [-0.2, 0) is 14.8 Å². The molecule has 1 amide bonds. The van der Waals surface area contributed by atoms with Crippen LogP contribution in [0.4, 0.5) is 5.13 Å². The Bertz CT molecular complexity index is 910. The molecule has 7 nitrogen and oxygen atoms in total. The summed E-state index contributed by atoms with van der Waals surface area (Å²) in [4.78, 5) is 17.1. The van der Waals surface area contributed by atoms with E-state index in [1.165, 1.54) is 15.6 Å². The predicted molar refractivity (Wildman–Crippen MR) is 111 cm³/mol. The maximum Gasteiger partial charge on any atom is 0.244 e. The summed E-state index contributed by atoms with van der Waals surface area (Å²) in [7, 11) is -3.42. The van der Waals surface area contributed by atoms with Gasteiger partial charge in [0.2, 0.25) is 15.9 Å². The van der Waals surface area contributed by atoms with Crippen LogP contribution in [0, 0.1) is 0 Å². The molecule has 1 aliphatic heterocycles. The van der Waals surface area contributed by atoms with Crippen molar-refractivity contribution in [2.75, 3.05) is 24.7 Å². The maximum absolute atomic E-state index is 12.6. The van der Waals surface area contributed by atoms with Gasteiger partial charge in [-0.25, -0.2) is 13.4 Å². The lowest BCUT2D eigenvalue weighted by Crippen LogP contribution is -2.49. The second-order valence-corrected chi connectivity index (χ2v) is 9.58. The van der Waals surface area contributed by atoms with Gasteiger partial charge in [0.15, 0.2) is 5.13 Å². The molecule has 0 spiro atoms. The molecule has 1 fully saturated rings. The number of nitrogens with zero attached hydrogens (tertiary/aromatic N) is 2. The number of carbonyl (C=O) groups is 1. The van der Waals surface area contributed by atoms with Crippen LogP contribution in [0.2, 0.25) is 0 Å². The van der Waals surface area contributed by atoms with E-state index in [4.69, 9.17) is 4.74 Å². The molecule has 1 aromatic heterocycles. The Morgan fingerprint density at radius 2 is 2.07 bits per heavy atom. The highest BCUT2D eigenvalue weighted by molar-refractivity contribution is 7.88. The summed E-state index contributed by atoms with van der Waals surface area (Å²) in [6.45, 7) is 3.12. The molecule has 3 rings (SSSR count). The number of amides is 1. The molecular formula is C19H25N3O4S2. The van der Waals surface area contributed by atoms with Crippen LogP contribution < -0.4 is 10.1 Å². The number of ether oxygens (including phenoxy) is 1. The average molecular weight is 424 g/mol. The van der Waals surface area contributed by atoms with Gasteiger partial charge in [0.25, 0.3) is 0 Å². The number of rotatable bonds is 7. The summed E-state index contributed by atoms with van der Waals surface area (Å²) >= 11 is 1.32. The second kappa shape index (κ2) is 9.02. The topological polar surface area (TPSA) is 88.6 Å². The van der Waals surface area contributed by atoms with Gasteiger partial charge in [0.1, 0.15) is 11.8 Å². The first-order valence-corrected chi connectivity index (χ1v) is 12.1. The second-order valence-electron chi connectivity index (χ2n) is 6.79. The predicted octanol–water partition coefficient (Wildman–Crippen LogP) is 3.35. The standard InChI is InChI=1S/C19H25N3O4S2/c1-3-12-26-15-9-7-14(8-10-15)16-13-27-19(20-16)21-18(23)17-6-4-5-11-22(17)28(2,24)25/h7-10,13,17H,3-6,11-12H2,1-2H3,(H,20,21,23)/t17-/m0/s1. The number of carbonyl (C=O) groups excluding carboxylic acids is 1. The van der Waals surface area contributed by atoms with Crippen molar-refractivity contribution in [3.05, 3.63) is 29.6 Å². The quantitative estimate of drug-likeness (QED) is 0.738. The van der Waals surface area contributed by atoms with Crippen molar-refractivity contribution in [2.45, 2.75) is 38.6 Å². The minimum absolute atomic E-state index is 0.325. The molecule has 152 valence electrons. The number of piperidine rings is 1. The van der Waals surface area contributed by atoms with Crippen molar-refractivity contribution in [1.82, 2.24) is 9.29 Å². The van der Waals surface area contributed by atoms with E-state index >= 15 is 0 Å². The van der Waals surface area contributed by atoms with Crippen molar-refractivity contribution in [3.63, 3.8) is 0 Å². The Hall–Kier alpha value is -1.97. The van der Waals surface area contributed by atoms with E-state index < -0.39 is 16.1 Å². The molecule has 2 aromatic rings. The number of hydrogen-bond donors (Lipinski definition) is 1. The van der Waals surface area contributed by atoms with Crippen molar-refractivity contribution >= 4 is 32.4 Å². The van der Waals surface area contributed by atoms with Gasteiger partial charge < -0.3 is 10.1 Å². The minimum atomic E-state index is -3.42. The third-order valence-corrected chi connectivity index (χ3v) is 6.59. The summed E-state index contributed by atoms with van der Waals surface area (Å²) in [6, 6.07) is 6.98. The molecule has 1 atom stereocenters. The Morgan fingerprint density at radius 3 is 2.75 bits per heavy atom. The molecule has 1 aliphatic rings.